The van der Waals surface area contributed by atoms with Crippen LogP contribution in [0.2, 0.25) is 0 Å². The molecule has 0 saturated carbocycles. The van der Waals surface area contributed by atoms with Gasteiger partial charge in [0.25, 0.3) is 5.91 Å². The quantitative estimate of drug-likeness (QED) is 0.864. The van der Waals surface area contributed by atoms with Crippen molar-refractivity contribution in [2.75, 3.05) is 33.7 Å². The number of aromatic nitrogens is 1. The second-order valence-corrected chi connectivity index (χ2v) is 5.30. The van der Waals surface area contributed by atoms with Crippen molar-refractivity contribution in [2.24, 2.45) is 5.92 Å². The highest BCUT2D eigenvalue weighted by Crippen LogP contribution is 2.16. The summed E-state index contributed by atoms with van der Waals surface area (Å²) in [5.41, 5.74) is 1.12. The first-order chi connectivity index (χ1) is 9.10. The fourth-order valence-corrected chi connectivity index (χ4v) is 2.56. The second-order valence-electron chi connectivity index (χ2n) is 5.30. The van der Waals surface area contributed by atoms with Gasteiger partial charge in [-0.15, -0.1) is 0 Å². The predicted octanol–water partition coefficient (Wildman–Crippen LogP) is 0.598. The average molecular weight is 263 g/mol. The number of amides is 1. The van der Waals surface area contributed by atoms with Gasteiger partial charge in [0, 0.05) is 31.9 Å². The van der Waals surface area contributed by atoms with E-state index in [-0.39, 0.29) is 12.5 Å². The molecule has 1 unspecified atom stereocenters. The van der Waals surface area contributed by atoms with Crippen LogP contribution >= 0.6 is 0 Å². The Hall–Kier alpha value is -1.46. The first-order valence-electron chi connectivity index (χ1n) is 6.60. The summed E-state index contributed by atoms with van der Waals surface area (Å²) >= 11 is 0. The molecule has 1 atom stereocenters. The molecule has 5 nitrogen and oxygen atoms in total. The highest BCUT2D eigenvalue weighted by Gasteiger charge is 2.23. The van der Waals surface area contributed by atoms with E-state index in [4.69, 9.17) is 5.11 Å². The fraction of sp³-hybridized carbons (Fsp3) is 0.571. The number of aliphatic hydroxyl groups excluding tert-OH is 1. The molecule has 1 aliphatic heterocycles. The van der Waals surface area contributed by atoms with Gasteiger partial charge >= 0.3 is 0 Å². The zero-order valence-corrected chi connectivity index (χ0v) is 11.5. The largest absolute Gasteiger partial charge is 0.390 e. The number of aliphatic hydroxyl groups is 1. The summed E-state index contributed by atoms with van der Waals surface area (Å²) in [4.78, 5) is 20.3. The molecule has 104 valence electrons. The Bertz CT molecular complexity index is 450. The van der Waals surface area contributed by atoms with Crippen molar-refractivity contribution in [3.05, 3.63) is 29.6 Å². The zero-order valence-electron chi connectivity index (χ0n) is 11.5. The maximum Gasteiger partial charge on any atom is 0.253 e. The van der Waals surface area contributed by atoms with Crippen LogP contribution in [0.25, 0.3) is 0 Å². The van der Waals surface area contributed by atoms with E-state index in [0.29, 0.717) is 17.2 Å². The smallest absolute Gasteiger partial charge is 0.253 e. The lowest BCUT2D eigenvalue weighted by Gasteiger charge is -2.21. The van der Waals surface area contributed by atoms with Gasteiger partial charge in [-0.2, -0.15) is 0 Å². The number of pyridine rings is 1. The lowest BCUT2D eigenvalue weighted by Crippen LogP contribution is -2.32. The van der Waals surface area contributed by atoms with Crippen LogP contribution in [0.15, 0.2) is 18.3 Å². The molecule has 0 aromatic carbocycles. The molecule has 1 aromatic rings. The number of rotatable bonds is 4. The molecule has 1 aliphatic rings. The van der Waals surface area contributed by atoms with Crippen LogP contribution in [-0.2, 0) is 6.61 Å². The van der Waals surface area contributed by atoms with E-state index in [0.717, 1.165) is 26.1 Å². The molecule has 1 amide bonds. The third kappa shape index (κ3) is 3.52. The van der Waals surface area contributed by atoms with E-state index in [1.54, 1.807) is 23.2 Å². The number of likely N-dealkylation sites (tertiary alicyclic amines) is 1. The number of hydrogen-bond donors (Lipinski definition) is 1. The summed E-state index contributed by atoms with van der Waals surface area (Å²) in [6, 6.07) is 3.35. The van der Waals surface area contributed by atoms with Crippen molar-refractivity contribution in [1.29, 1.82) is 0 Å². The summed E-state index contributed by atoms with van der Waals surface area (Å²) in [5, 5.41) is 9.05. The van der Waals surface area contributed by atoms with Gasteiger partial charge in [0.2, 0.25) is 0 Å². The van der Waals surface area contributed by atoms with Crippen LogP contribution in [0.1, 0.15) is 22.5 Å². The average Bonchev–Trinajstić information content (AvgIpc) is 2.83. The summed E-state index contributed by atoms with van der Waals surface area (Å²) in [7, 11) is 3.94. The first kappa shape index (κ1) is 14.0. The molecule has 5 heteroatoms. The summed E-state index contributed by atoms with van der Waals surface area (Å²) in [6.07, 6.45) is 2.71. The Morgan fingerprint density at radius 3 is 3.05 bits per heavy atom. The first-order valence-corrected chi connectivity index (χ1v) is 6.60. The maximum atomic E-state index is 12.3. The van der Waals surface area contributed by atoms with Crippen molar-refractivity contribution in [3.63, 3.8) is 0 Å². The van der Waals surface area contributed by atoms with Crippen molar-refractivity contribution >= 4 is 5.91 Å². The van der Waals surface area contributed by atoms with Gasteiger partial charge < -0.3 is 14.9 Å². The standard InChI is InChI=1S/C14H21N3O2/c1-16-6-4-11(8-16)9-17(2)14(19)12-3-5-15-13(7-12)10-18/h3,5,7,11,18H,4,6,8-10H2,1-2H3. The van der Waals surface area contributed by atoms with E-state index in [9.17, 15) is 4.79 Å². The summed E-state index contributed by atoms with van der Waals surface area (Å²) < 4.78 is 0. The minimum Gasteiger partial charge on any atom is -0.390 e. The molecule has 0 radical (unpaired) electrons. The number of carbonyl (C=O) groups is 1. The molecule has 2 rings (SSSR count). The van der Waals surface area contributed by atoms with Crippen LogP contribution < -0.4 is 0 Å². The van der Waals surface area contributed by atoms with E-state index >= 15 is 0 Å². The van der Waals surface area contributed by atoms with Crippen molar-refractivity contribution in [2.45, 2.75) is 13.0 Å². The molecule has 0 bridgehead atoms. The topological polar surface area (TPSA) is 56.7 Å². The molecule has 1 fully saturated rings. The Balaban J connectivity index is 1.98. The minimum atomic E-state index is -0.141. The summed E-state index contributed by atoms with van der Waals surface area (Å²) in [6.45, 7) is 2.80. The molecule has 19 heavy (non-hydrogen) atoms. The van der Waals surface area contributed by atoms with Gasteiger partial charge in [0.05, 0.1) is 12.3 Å². The highest BCUT2D eigenvalue weighted by atomic mass is 16.3. The molecule has 1 aromatic heterocycles. The SMILES string of the molecule is CN1CCC(CN(C)C(=O)c2ccnc(CO)c2)C1. The Kier molecular flexibility index (Phi) is 4.50. The van der Waals surface area contributed by atoms with Gasteiger partial charge in [0.15, 0.2) is 0 Å². The third-order valence-electron chi connectivity index (χ3n) is 3.59. The van der Waals surface area contributed by atoms with Crippen LogP contribution in [0.3, 0.4) is 0 Å². The normalized spacial score (nSPS) is 19.6. The van der Waals surface area contributed by atoms with Gasteiger partial charge in [0.1, 0.15) is 0 Å². The van der Waals surface area contributed by atoms with E-state index < -0.39 is 0 Å². The maximum absolute atomic E-state index is 12.3. The molecule has 0 spiro atoms. The lowest BCUT2D eigenvalue weighted by molar-refractivity contribution is 0.0773. The van der Waals surface area contributed by atoms with Gasteiger partial charge in [-0.05, 0) is 38.1 Å². The van der Waals surface area contributed by atoms with Crippen LogP contribution in [0.5, 0.6) is 0 Å². The zero-order chi connectivity index (χ0) is 13.8. The molecule has 2 heterocycles. The second kappa shape index (κ2) is 6.12. The Morgan fingerprint density at radius 1 is 1.63 bits per heavy atom. The van der Waals surface area contributed by atoms with Crippen molar-refractivity contribution < 1.29 is 9.90 Å². The van der Waals surface area contributed by atoms with Gasteiger partial charge in [-0.1, -0.05) is 0 Å². The Morgan fingerprint density at radius 2 is 2.42 bits per heavy atom. The van der Waals surface area contributed by atoms with Gasteiger partial charge in [-0.3, -0.25) is 9.78 Å². The van der Waals surface area contributed by atoms with Crippen molar-refractivity contribution in [3.8, 4) is 0 Å². The molecule has 0 aliphatic carbocycles. The van der Waals surface area contributed by atoms with Gasteiger partial charge in [-0.25, -0.2) is 0 Å². The summed E-state index contributed by atoms with van der Waals surface area (Å²) in [5.74, 6) is 0.546. The minimum absolute atomic E-state index is 0.00773. The molecular formula is C14H21N3O2. The Labute approximate surface area is 113 Å². The molecule has 1 N–H and O–H groups in total. The van der Waals surface area contributed by atoms with E-state index in [1.165, 1.54) is 0 Å². The monoisotopic (exact) mass is 263 g/mol. The van der Waals surface area contributed by atoms with Crippen LogP contribution in [0.4, 0.5) is 0 Å². The third-order valence-corrected chi connectivity index (χ3v) is 3.59. The van der Waals surface area contributed by atoms with E-state index in [2.05, 4.69) is 16.9 Å². The number of hydrogen-bond acceptors (Lipinski definition) is 4. The van der Waals surface area contributed by atoms with Crippen LogP contribution in [0, 0.1) is 5.92 Å². The number of nitrogens with zero attached hydrogens (tertiary/aromatic N) is 3. The van der Waals surface area contributed by atoms with Crippen molar-refractivity contribution in [1.82, 2.24) is 14.8 Å². The van der Waals surface area contributed by atoms with E-state index in [1.807, 2.05) is 7.05 Å². The highest BCUT2D eigenvalue weighted by molar-refractivity contribution is 5.94. The predicted molar refractivity (Wildman–Crippen MR) is 72.7 cm³/mol. The lowest BCUT2D eigenvalue weighted by atomic mass is 10.1. The molecular weight excluding hydrogens is 242 g/mol. The van der Waals surface area contributed by atoms with Crippen LogP contribution in [-0.4, -0.2) is 59.5 Å². The molecule has 1 saturated heterocycles. The number of carbonyl (C=O) groups excluding carboxylic acids is 1. The fourth-order valence-electron chi connectivity index (χ4n) is 2.56.